The minimum atomic E-state index is -0.447. The highest BCUT2D eigenvalue weighted by Crippen LogP contribution is 2.40. The summed E-state index contributed by atoms with van der Waals surface area (Å²) in [4.78, 5) is 31.1. The molecule has 5 rings (SSSR count). The fourth-order valence-corrected chi connectivity index (χ4v) is 6.26. The molecule has 0 fully saturated rings. The average molecular weight is 568 g/mol. The highest BCUT2D eigenvalue weighted by atomic mass is 32.1. The van der Waals surface area contributed by atoms with E-state index in [2.05, 4.69) is 5.32 Å². The lowest BCUT2D eigenvalue weighted by Gasteiger charge is -2.13. The Morgan fingerprint density at radius 2 is 1.80 bits per heavy atom. The summed E-state index contributed by atoms with van der Waals surface area (Å²) in [5.41, 5.74) is 5.91. The number of nitro groups is 1. The van der Waals surface area contributed by atoms with E-state index in [9.17, 15) is 14.9 Å². The molecule has 0 unspecified atom stereocenters. The van der Waals surface area contributed by atoms with Gasteiger partial charge in [-0.2, -0.15) is 0 Å². The molecule has 1 aromatic heterocycles. The van der Waals surface area contributed by atoms with Crippen LogP contribution in [-0.4, -0.2) is 17.0 Å². The maximum atomic E-state index is 13.7. The highest BCUT2D eigenvalue weighted by Gasteiger charge is 2.25. The van der Waals surface area contributed by atoms with Gasteiger partial charge in [0.25, 0.3) is 5.91 Å². The number of hydrogen-bond acceptors (Lipinski definition) is 6. The van der Waals surface area contributed by atoms with Crippen LogP contribution < -0.4 is 10.1 Å². The minimum Gasteiger partial charge on any atom is -0.482 e. The van der Waals surface area contributed by atoms with Gasteiger partial charge in [-0.15, -0.1) is 11.3 Å². The predicted octanol–water partition coefficient (Wildman–Crippen LogP) is 8.51. The van der Waals surface area contributed by atoms with Crippen LogP contribution in [0.15, 0.2) is 71.7 Å². The van der Waals surface area contributed by atoms with Crippen LogP contribution in [0.4, 0.5) is 16.4 Å². The SMILES string of the molecule is Cc1ccc(C)c(NC(=O)c2c(N=Cc3ccc(OCc4ccccc4)c([N+](=O)[O-])c3)sc3c2CCCCCC3)c1. The molecule has 0 saturated heterocycles. The first-order valence-corrected chi connectivity index (χ1v) is 14.7. The molecule has 0 saturated carbocycles. The van der Waals surface area contributed by atoms with Gasteiger partial charge in [0.15, 0.2) is 5.75 Å². The number of anilines is 1. The van der Waals surface area contributed by atoms with Gasteiger partial charge in [0, 0.05) is 22.8 Å². The average Bonchev–Trinajstić information content (AvgIpc) is 3.29. The number of aryl methyl sites for hydroxylation is 3. The van der Waals surface area contributed by atoms with E-state index in [0.717, 1.165) is 60.0 Å². The lowest BCUT2D eigenvalue weighted by Crippen LogP contribution is -2.15. The molecule has 1 heterocycles. The normalized spacial score (nSPS) is 13.3. The Hall–Kier alpha value is -4.30. The van der Waals surface area contributed by atoms with Crippen molar-refractivity contribution in [1.29, 1.82) is 0 Å². The number of carbonyl (C=O) groups excluding carboxylic acids is 1. The van der Waals surface area contributed by atoms with E-state index in [-0.39, 0.29) is 24.0 Å². The number of nitrogens with one attached hydrogen (secondary N) is 1. The summed E-state index contributed by atoms with van der Waals surface area (Å²) in [5, 5.41) is 15.6. The van der Waals surface area contributed by atoms with E-state index in [0.29, 0.717) is 16.1 Å². The topological polar surface area (TPSA) is 93.8 Å². The second-order valence-electron chi connectivity index (χ2n) is 10.4. The van der Waals surface area contributed by atoms with Crippen LogP contribution in [-0.2, 0) is 19.4 Å². The van der Waals surface area contributed by atoms with Crippen molar-refractivity contribution in [1.82, 2.24) is 0 Å². The molecule has 0 radical (unpaired) electrons. The molecule has 1 amide bonds. The number of benzene rings is 3. The Morgan fingerprint density at radius 1 is 1.02 bits per heavy atom. The number of amides is 1. The van der Waals surface area contributed by atoms with Gasteiger partial charge < -0.3 is 10.1 Å². The molecule has 41 heavy (non-hydrogen) atoms. The van der Waals surface area contributed by atoms with Crippen molar-refractivity contribution in [2.75, 3.05) is 5.32 Å². The molecule has 1 aliphatic carbocycles. The molecule has 1 N–H and O–H groups in total. The van der Waals surface area contributed by atoms with Gasteiger partial charge in [-0.3, -0.25) is 14.9 Å². The van der Waals surface area contributed by atoms with Crippen molar-refractivity contribution in [2.45, 2.75) is 59.0 Å². The second kappa shape index (κ2) is 12.9. The maximum absolute atomic E-state index is 13.7. The second-order valence-corrected chi connectivity index (χ2v) is 11.5. The number of nitrogens with zero attached hydrogens (tertiary/aromatic N) is 2. The molecular formula is C33H33N3O4S. The third-order valence-corrected chi connectivity index (χ3v) is 8.47. The van der Waals surface area contributed by atoms with E-state index in [1.807, 2.05) is 62.4 Å². The van der Waals surface area contributed by atoms with E-state index in [1.165, 1.54) is 17.4 Å². The predicted molar refractivity (Wildman–Crippen MR) is 165 cm³/mol. The van der Waals surface area contributed by atoms with Crippen molar-refractivity contribution in [3.8, 4) is 5.75 Å². The van der Waals surface area contributed by atoms with Gasteiger partial charge >= 0.3 is 5.69 Å². The van der Waals surface area contributed by atoms with Gasteiger partial charge in [0.2, 0.25) is 0 Å². The number of carbonyl (C=O) groups is 1. The van der Waals surface area contributed by atoms with E-state index >= 15 is 0 Å². The first kappa shape index (κ1) is 28.2. The monoisotopic (exact) mass is 567 g/mol. The molecule has 0 bridgehead atoms. The molecule has 0 spiro atoms. The van der Waals surface area contributed by atoms with Crippen molar-refractivity contribution in [3.05, 3.63) is 115 Å². The third-order valence-electron chi connectivity index (χ3n) is 7.27. The Labute approximate surface area is 244 Å². The quantitative estimate of drug-likeness (QED) is 0.131. The summed E-state index contributed by atoms with van der Waals surface area (Å²) in [5.74, 6) is 0.0308. The van der Waals surface area contributed by atoms with Crippen molar-refractivity contribution < 1.29 is 14.5 Å². The summed E-state index contributed by atoms with van der Waals surface area (Å²) in [6.45, 7) is 4.21. The van der Waals surface area contributed by atoms with Crippen LogP contribution in [0.5, 0.6) is 5.75 Å². The molecule has 4 aromatic rings. The smallest absolute Gasteiger partial charge is 0.311 e. The lowest BCUT2D eigenvalue weighted by atomic mass is 9.96. The zero-order chi connectivity index (χ0) is 28.8. The van der Waals surface area contributed by atoms with Crippen molar-refractivity contribution >= 4 is 39.8 Å². The van der Waals surface area contributed by atoms with E-state index in [4.69, 9.17) is 9.73 Å². The molecule has 210 valence electrons. The lowest BCUT2D eigenvalue weighted by molar-refractivity contribution is -0.385. The third kappa shape index (κ3) is 6.89. The van der Waals surface area contributed by atoms with Gasteiger partial charge in [0.05, 0.1) is 10.5 Å². The van der Waals surface area contributed by atoms with Crippen molar-refractivity contribution in [3.63, 3.8) is 0 Å². The Bertz CT molecular complexity index is 1590. The van der Waals surface area contributed by atoms with Crippen LogP contribution >= 0.6 is 11.3 Å². The van der Waals surface area contributed by atoms with Crippen LogP contribution in [0.1, 0.15) is 68.7 Å². The zero-order valence-corrected chi connectivity index (χ0v) is 24.1. The Balaban J connectivity index is 1.45. The zero-order valence-electron chi connectivity index (χ0n) is 23.3. The number of thiophene rings is 1. The number of hydrogen-bond donors (Lipinski definition) is 1. The molecular weight excluding hydrogens is 534 g/mol. The van der Waals surface area contributed by atoms with Crippen LogP contribution in [0.25, 0.3) is 0 Å². The molecule has 0 atom stereocenters. The van der Waals surface area contributed by atoms with Gasteiger partial charge in [0.1, 0.15) is 11.6 Å². The van der Waals surface area contributed by atoms with E-state index < -0.39 is 4.92 Å². The Kier molecular flexibility index (Phi) is 8.89. The molecule has 7 nitrogen and oxygen atoms in total. The number of aliphatic imine (C=N–C) groups is 1. The standard InChI is InChI=1S/C33H33N3O4S/c1-22-14-15-23(2)27(18-22)35-32(37)31-26-12-8-3-4-9-13-30(26)41-33(31)34-20-25-16-17-29(28(19-25)36(38)39)40-21-24-10-6-5-7-11-24/h5-7,10-11,14-20H,3-4,8-9,12-13,21H2,1-2H3,(H,35,37). The maximum Gasteiger partial charge on any atom is 0.311 e. The summed E-state index contributed by atoms with van der Waals surface area (Å²) in [6.07, 6.45) is 7.82. The fourth-order valence-electron chi connectivity index (χ4n) is 5.03. The summed E-state index contributed by atoms with van der Waals surface area (Å²) in [6, 6.07) is 20.3. The van der Waals surface area contributed by atoms with Gasteiger partial charge in [-0.1, -0.05) is 55.3 Å². The fraction of sp³-hybridized carbons (Fsp3) is 0.273. The largest absolute Gasteiger partial charge is 0.482 e. The highest BCUT2D eigenvalue weighted by molar-refractivity contribution is 7.16. The summed E-state index contributed by atoms with van der Waals surface area (Å²) < 4.78 is 5.77. The first-order chi connectivity index (χ1) is 19.9. The number of rotatable bonds is 8. The molecule has 3 aromatic carbocycles. The van der Waals surface area contributed by atoms with E-state index in [1.54, 1.807) is 29.7 Å². The van der Waals surface area contributed by atoms with Gasteiger partial charge in [-0.25, -0.2) is 4.99 Å². The first-order valence-electron chi connectivity index (χ1n) is 13.9. The number of ether oxygens (including phenoxy) is 1. The number of nitro benzene ring substituents is 1. The molecule has 0 aliphatic heterocycles. The Morgan fingerprint density at radius 3 is 2.59 bits per heavy atom. The van der Waals surface area contributed by atoms with Crippen LogP contribution in [0, 0.1) is 24.0 Å². The number of fused-ring (bicyclic) bond motifs is 1. The summed E-state index contributed by atoms with van der Waals surface area (Å²) >= 11 is 1.55. The van der Waals surface area contributed by atoms with Crippen LogP contribution in [0.3, 0.4) is 0 Å². The van der Waals surface area contributed by atoms with Crippen molar-refractivity contribution in [2.24, 2.45) is 4.99 Å². The van der Waals surface area contributed by atoms with Gasteiger partial charge in [-0.05, 0) is 85.5 Å². The van der Waals surface area contributed by atoms with Crippen LogP contribution in [0.2, 0.25) is 0 Å². The minimum absolute atomic E-state index is 0.129. The summed E-state index contributed by atoms with van der Waals surface area (Å²) in [7, 11) is 0. The molecule has 1 aliphatic rings. The molecule has 8 heteroatoms.